The van der Waals surface area contributed by atoms with Gasteiger partial charge >= 0.3 is 0 Å². The molecule has 1 saturated carbocycles. The van der Waals surface area contributed by atoms with E-state index >= 15 is 0 Å². The molecule has 2 rings (SSSR count). The van der Waals surface area contributed by atoms with Gasteiger partial charge in [0.25, 0.3) is 0 Å². The predicted molar refractivity (Wildman–Crippen MR) is 101 cm³/mol. The molecule has 1 aliphatic rings. The van der Waals surface area contributed by atoms with Crippen LogP contribution in [0.15, 0.2) is 29.3 Å². The molecule has 0 amide bonds. The third kappa shape index (κ3) is 5.71. The van der Waals surface area contributed by atoms with E-state index in [1.54, 1.807) is 0 Å². The molecule has 1 aliphatic carbocycles. The summed E-state index contributed by atoms with van der Waals surface area (Å²) in [5.41, 5.74) is 1.14. The van der Waals surface area contributed by atoms with Crippen LogP contribution in [0.2, 0.25) is 0 Å². The van der Waals surface area contributed by atoms with Crippen LogP contribution in [-0.2, 0) is 6.54 Å². The van der Waals surface area contributed by atoms with Crippen LogP contribution in [0.4, 0.5) is 0 Å². The van der Waals surface area contributed by atoms with Crippen LogP contribution in [0.1, 0.15) is 38.2 Å². The third-order valence-corrected chi connectivity index (χ3v) is 4.65. The highest BCUT2D eigenvalue weighted by Crippen LogP contribution is 2.21. The number of hydrogen-bond donors (Lipinski definition) is 2. The number of hydrogen-bond acceptors (Lipinski definition) is 3. The highest BCUT2D eigenvalue weighted by molar-refractivity contribution is 5.79. The zero-order chi connectivity index (χ0) is 17.2. The van der Waals surface area contributed by atoms with Gasteiger partial charge in [0, 0.05) is 38.3 Å². The molecule has 5 heteroatoms. The molecule has 0 radical (unpaired) electrons. The molecular formula is C19H32N4O. The Kier molecular flexibility index (Phi) is 7.89. The lowest BCUT2D eigenvalue weighted by Gasteiger charge is -2.24. The summed E-state index contributed by atoms with van der Waals surface area (Å²) in [6, 6.07) is 8.89. The lowest BCUT2D eigenvalue weighted by Crippen LogP contribution is -2.42. The summed E-state index contributed by atoms with van der Waals surface area (Å²) in [4.78, 5) is 6.78. The van der Waals surface area contributed by atoms with Crippen molar-refractivity contribution in [1.29, 1.82) is 0 Å². The molecule has 5 nitrogen and oxygen atoms in total. The maximum atomic E-state index is 5.67. The van der Waals surface area contributed by atoms with E-state index in [4.69, 9.17) is 4.74 Å². The van der Waals surface area contributed by atoms with Crippen molar-refractivity contribution < 1.29 is 4.74 Å². The molecule has 2 N–H and O–H groups in total. The van der Waals surface area contributed by atoms with Crippen LogP contribution in [0.25, 0.3) is 0 Å². The topological polar surface area (TPSA) is 48.9 Å². The maximum Gasteiger partial charge on any atom is 0.191 e. The predicted octanol–water partition coefficient (Wildman–Crippen LogP) is 2.62. The normalized spacial score (nSPS) is 15.8. The fourth-order valence-corrected chi connectivity index (χ4v) is 3.22. The largest absolute Gasteiger partial charge is 0.494 e. The van der Waals surface area contributed by atoms with Crippen LogP contribution >= 0.6 is 0 Å². The van der Waals surface area contributed by atoms with E-state index < -0.39 is 0 Å². The molecule has 0 saturated heterocycles. The van der Waals surface area contributed by atoms with Crippen molar-refractivity contribution in [3.8, 4) is 5.75 Å². The minimum Gasteiger partial charge on any atom is -0.494 e. The van der Waals surface area contributed by atoms with Crippen LogP contribution in [0.3, 0.4) is 0 Å². The van der Waals surface area contributed by atoms with Gasteiger partial charge in [-0.2, -0.15) is 0 Å². The van der Waals surface area contributed by atoms with Crippen LogP contribution in [0, 0.1) is 0 Å². The summed E-state index contributed by atoms with van der Waals surface area (Å²) >= 11 is 0. The van der Waals surface area contributed by atoms with E-state index in [2.05, 4.69) is 33.6 Å². The summed E-state index contributed by atoms with van der Waals surface area (Å²) in [6.45, 7) is 5.33. The first-order valence-electron chi connectivity index (χ1n) is 9.10. The van der Waals surface area contributed by atoms with Crippen molar-refractivity contribution in [3.05, 3.63) is 29.8 Å². The Morgan fingerprint density at radius 3 is 2.71 bits per heavy atom. The number of aliphatic imine (C=N–C) groups is 1. The van der Waals surface area contributed by atoms with Gasteiger partial charge < -0.3 is 20.3 Å². The lowest BCUT2D eigenvalue weighted by molar-refractivity contribution is 0.249. The first kappa shape index (κ1) is 18.6. The van der Waals surface area contributed by atoms with Crippen molar-refractivity contribution in [2.24, 2.45) is 4.99 Å². The van der Waals surface area contributed by atoms with Gasteiger partial charge in [0.05, 0.1) is 6.61 Å². The Hall–Kier alpha value is -1.75. The second-order valence-corrected chi connectivity index (χ2v) is 6.31. The van der Waals surface area contributed by atoms with Gasteiger partial charge in [-0.3, -0.25) is 4.99 Å². The van der Waals surface area contributed by atoms with E-state index in [0.29, 0.717) is 13.2 Å². The Labute approximate surface area is 146 Å². The summed E-state index contributed by atoms with van der Waals surface area (Å²) in [6.07, 6.45) is 5.45. The number of nitrogens with zero attached hydrogens (tertiary/aromatic N) is 2. The van der Waals surface area contributed by atoms with Gasteiger partial charge in [0.15, 0.2) is 5.96 Å². The first-order valence-corrected chi connectivity index (χ1v) is 9.10. The average molecular weight is 332 g/mol. The van der Waals surface area contributed by atoms with Crippen molar-refractivity contribution >= 4 is 5.96 Å². The van der Waals surface area contributed by atoms with Gasteiger partial charge in [0.2, 0.25) is 0 Å². The van der Waals surface area contributed by atoms with Crippen molar-refractivity contribution in [3.63, 3.8) is 0 Å². The number of para-hydroxylation sites is 1. The smallest absolute Gasteiger partial charge is 0.191 e. The maximum absolute atomic E-state index is 5.67. The summed E-state index contributed by atoms with van der Waals surface area (Å²) in [5.74, 6) is 1.77. The molecule has 0 aromatic heterocycles. The van der Waals surface area contributed by atoms with Gasteiger partial charge in [-0.1, -0.05) is 31.0 Å². The number of guanidine groups is 1. The second-order valence-electron chi connectivity index (χ2n) is 6.31. The molecule has 1 fully saturated rings. The fourth-order valence-electron chi connectivity index (χ4n) is 3.22. The zero-order valence-corrected chi connectivity index (χ0v) is 15.3. The molecule has 24 heavy (non-hydrogen) atoms. The Morgan fingerprint density at radius 2 is 2.00 bits per heavy atom. The van der Waals surface area contributed by atoms with Crippen molar-refractivity contribution in [2.45, 2.75) is 45.2 Å². The van der Waals surface area contributed by atoms with Crippen LogP contribution in [0.5, 0.6) is 5.75 Å². The highest BCUT2D eigenvalue weighted by Gasteiger charge is 2.18. The number of nitrogens with one attached hydrogen (secondary N) is 2. The van der Waals surface area contributed by atoms with Crippen molar-refractivity contribution in [1.82, 2.24) is 15.5 Å². The number of likely N-dealkylation sites (N-methyl/N-ethyl adjacent to an activating group) is 1. The van der Waals surface area contributed by atoms with Gasteiger partial charge in [-0.05, 0) is 32.9 Å². The number of rotatable bonds is 8. The Morgan fingerprint density at radius 1 is 1.25 bits per heavy atom. The molecule has 0 unspecified atom stereocenters. The van der Waals surface area contributed by atoms with E-state index in [1.165, 1.54) is 25.7 Å². The summed E-state index contributed by atoms with van der Waals surface area (Å²) in [7, 11) is 4.04. The van der Waals surface area contributed by atoms with Gasteiger partial charge in [0.1, 0.15) is 5.75 Å². The molecule has 1 aromatic carbocycles. The standard InChI is InChI=1S/C19H32N4O/c1-4-24-18-12-8-5-9-16(18)15-22-19(20-2)21-13-14-23(3)17-10-6-7-11-17/h5,8-9,12,17H,4,6-7,10-11,13-15H2,1-3H3,(H2,20,21,22). The first-order chi connectivity index (χ1) is 11.7. The SMILES string of the molecule is CCOc1ccccc1CNC(=NC)NCCN(C)C1CCCC1. The third-order valence-electron chi connectivity index (χ3n) is 4.65. The zero-order valence-electron chi connectivity index (χ0n) is 15.3. The minimum absolute atomic E-state index is 0.678. The fraction of sp³-hybridized carbons (Fsp3) is 0.632. The van der Waals surface area contributed by atoms with E-state index in [-0.39, 0.29) is 0 Å². The summed E-state index contributed by atoms with van der Waals surface area (Å²) < 4.78 is 5.67. The molecule has 0 aliphatic heterocycles. The monoisotopic (exact) mass is 332 g/mol. The Bertz CT molecular complexity index is 512. The molecule has 1 aromatic rings. The summed E-state index contributed by atoms with van der Waals surface area (Å²) in [5, 5.41) is 6.77. The van der Waals surface area contributed by atoms with Crippen LogP contribution in [-0.4, -0.2) is 50.7 Å². The lowest BCUT2D eigenvalue weighted by atomic mass is 10.2. The number of ether oxygens (including phenoxy) is 1. The van der Waals surface area contributed by atoms with Crippen LogP contribution < -0.4 is 15.4 Å². The van der Waals surface area contributed by atoms with Gasteiger partial charge in [-0.15, -0.1) is 0 Å². The van der Waals surface area contributed by atoms with E-state index in [1.807, 2.05) is 32.2 Å². The van der Waals surface area contributed by atoms with Crippen molar-refractivity contribution in [2.75, 3.05) is 33.8 Å². The molecule has 0 heterocycles. The quantitative estimate of drug-likeness (QED) is 0.567. The average Bonchev–Trinajstić information content (AvgIpc) is 3.14. The number of benzene rings is 1. The second kappa shape index (κ2) is 10.2. The highest BCUT2D eigenvalue weighted by atomic mass is 16.5. The molecule has 134 valence electrons. The molecule has 0 spiro atoms. The minimum atomic E-state index is 0.678. The van der Waals surface area contributed by atoms with E-state index in [0.717, 1.165) is 36.4 Å². The Balaban J connectivity index is 1.74. The van der Waals surface area contributed by atoms with E-state index in [9.17, 15) is 0 Å². The molecule has 0 atom stereocenters. The molecular weight excluding hydrogens is 300 g/mol. The van der Waals surface area contributed by atoms with Gasteiger partial charge in [-0.25, -0.2) is 0 Å². The molecule has 0 bridgehead atoms.